The molecule has 30 heavy (non-hydrogen) atoms. The Balaban J connectivity index is 1.69. The molecule has 168 valence electrons. The molecule has 3 N–H and O–H groups in total. The first-order valence-corrected chi connectivity index (χ1v) is 12.7. The van der Waals surface area contributed by atoms with Crippen molar-refractivity contribution in [3.05, 3.63) is 30.1 Å². The summed E-state index contributed by atoms with van der Waals surface area (Å²) >= 11 is 0. The fourth-order valence-corrected chi connectivity index (χ4v) is 6.66. The second-order valence-corrected chi connectivity index (χ2v) is 11.4. The predicted molar refractivity (Wildman–Crippen MR) is 116 cm³/mol. The van der Waals surface area contributed by atoms with Gasteiger partial charge < -0.3 is 10.4 Å². The summed E-state index contributed by atoms with van der Waals surface area (Å²) in [6, 6.07) is 3.57. The zero-order valence-corrected chi connectivity index (χ0v) is 19.2. The molecular formula is C22H35N3O4S. The minimum atomic E-state index is -3.31. The van der Waals surface area contributed by atoms with Crippen molar-refractivity contribution in [3.63, 3.8) is 0 Å². The van der Waals surface area contributed by atoms with E-state index in [-0.39, 0.29) is 41.0 Å². The van der Waals surface area contributed by atoms with E-state index in [4.69, 9.17) is 0 Å². The number of carbonyl (C=O) groups is 1. The Bertz CT molecular complexity index is 847. The van der Waals surface area contributed by atoms with Crippen molar-refractivity contribution in [2.45, 2.75) is 65.1 Å². The first kappa shape index (κ1) is 23.2. The fraction of sp³-hybridized carbons (Fsp3) is 0.727. The second kappa shape index (κ2) is 8.93. The second-order valence-electron chi connectivity index (χ2n) is 9.63. The van der Waals surface area contributed by atoms with E-state index in [2.05, 4.69) is 21.9 Å². The number of pyridine rings is 1. The summed E-state index contributed by atoms with van der Waals surface area (Å²) in [5.74, 6) is -0.575. The summed E-state index contributed by atoms with van der Waals surface area (Å²) in [6.07, 6.45) is 7.36. The number of hydrogen-bond donors (Lipinski definition) is 3. The average molecular weight is 438 g/mol. The third kappa shape index (κ3) is 5.03. The van der Waals surface area contributed by atoms with Crippen LogP contribution in [0.5, 0.6) is 0 Å². The molecule has 1 aromatic heterocycles. The van der Waals surface area contributed by atoms with E-state index >= 15 is 0 Å². The molecule has 2 aliphatic carbocycles. The lowest BCUT2D eigenvalue weighted by molar-refractivity contribution is -0.141. The normalized spacial score (nSPS) is 35.3. The molecule has 1 aromatic rings. The van der Waals surface area contributed by atoms with Gasteiger partial charge in [0.25, 0.3) is 0 Å². The Morgan fingerprint density at radius 1 is 1.37 bits per heavy atom. The standard InChI is InChI=1S/C22H35N3O4S/c1-14(21(27)24-13-16-6-5-11-23-12-16)17-7-9-22(3)10-8-18(25-30(4,28)29)15(2)19(22)20(17)26/h5-6,11-12,14-15,17-20,25-26H,7-10,13H2,1-4H3,(H,24,27)/t14-,15-,17-,18-,19+,20-,22+/m0/s1. The summed E-state index contributed by atoms with van der Waals surface area (Å²) < 4.78 is 26.3. The first-order valence-electron chi connectivity index (χ1n) is 10.8. The van der Waals surface area contributed by atoms with Gasteiger partial charge in [-0.1, -0.05) is 26.8 Å². The highest BCUT2D eigenvalue weighted by Gasteiger charge is 2.53. The fourth-order valence-electron chi connectivity index (χ4n) is 5.78. The Morgan fingerprint density at radius 3 is 2.70 bits per heavy atom. The predicted octanol–water partition coefficient (Wildman–Crippen LogP) is 2.07. The maximum absolute atomic E-state index is 12.8. The maximum Gasteiger partial charge on any atom is 0.223 e. The highest BCUT2D eigenvalue weighted by Crippen LogP contribution is 2.55. The number of carbonyl (C=O) groups excluding carboxylic acids is 1. The first-order chi connectivity index (χ1) is 14.0. The average Bonchev–Trinajstić information content (AvgIpc) is 2.68. The molecule has 7 nitrogen and oxygen atoms in total. The van der Waals surface area contributed by atoms with Crippen LogP contribution in [0.2, 0.25) is 0 Å². The molecule has 0 aliphatic heterocycles. The van der Waals surface area contributed by atoms with Crippen molar-refractivity contribution in [1.29, 1.82) is 0 Å². The van der Waals surface area contributed by atoms with Gasteiger partial charge in [-0.2, -0.15) is 0 Å². The van der Waals surface area contributed by atoms with Crippen molar-refractivity contribution in [2.24, 2.45) is 29.1 Å². The number of aliphatic hydroxyl groups is 1. The summed E-state index contributed by atoms with van der Waals surface area (Å²) in [5, 5.41) is 14.3. The number of aliphatic hydroxyl groups excluding tert-OH is 1. The molecule has 0 aromatic carbocycles. The maximum atomic E-state index is 12.8. The Morgan fingerprint density at radius 2 is 2.07 bits per heavy atom. The molecule has 2 fully saturated rings. The van der Waals surface area contributed by atoms with E-state index < -0.39 is 16.1 Å². The van der Waals surface area contributed by atoms with Gasteiger partial charge >= 0.3 is 0 Å². The van der Waals surface area contributed by atoms with Gasteiger partial charge in [-0.05, 0) is 60.5 Å². The number of aromatic nitrogens is 1. The summed E-state index contributed by atoms with van der Waals surface area (Å²) in [7, 11) is -3.31. The Hall–Kier alpha value is -1.51. The van der Waals surface area contributed by atoms with Crippen LogP contribution >= 0.6 is 0 Å². The highest BCUT2D eigenvalue weighted by molar-refractivity contribution is 7.88. The molecule has 2 saturated carbocycles. The number of nitrogens with zero attached hydrogens (tertiary/aromatic N) is 1. The van der Waals surface area contributed by atoms with Gasteiger partial charge in [-0.3, -0.25) is 9.78 Å². The zero-order chi connectivity index (χ0) is 22.1. The molecule has 0 bridgehead atoms. The lowest BCUT2D eigenvalue weighted by atomic mass is 9.52. The number of amides is 1. The highest BCUT2D eigenvalue weighted by atomic mass is 32.2. The van der Waals surface area contributed by atoms with E-state index in [1.54, 1.807) is 12.4 Å². The molecule has 0 spiro atoms. The van der Waals surface area contributed by atoms with Crippen molar-refractivity contribution in [1.82, 2.24) is 15.0 Å². The third-order valence-corrected chi connectivity index (χ3v) is 8.23. The number of sulfonamides is 1. The van der Waals surface area contributed by atoms with Crippen LogP contribution in [0.1, 0.15) is 52.0 Å². The topological polar surface area (TPSA) is 108 Å². The molecular weight excluding hydrogens is 402 g/mol. The van der Waals surface area contributed by atoms with Gasteiger partial charge in [0.2, 0.25) is 15.9 Å². The zero-order valence-electron chi connectivity index (χ0n) is 18.3. The van der Waals surface area contributed by atoms with Crippen molar-refractivity contribution < 1.29 is 18.3 Å². The van der Waals surface area contributed by atoms with Gasteiger partial charge in [-0.25, -0.2) is 13.1 Å². The SMILES string of the molecule is C[C@@H]1[C@@H]2[C@@H](O)[C@H]([C@H](C)C(=O)NCc3cccnc3)CC[C@]2(C)CC[C@@H]1NS(C)(=O)=O. The van der Waals surface area contributed by atoms with Gasteiger partial charge in [-0.15, -0.1) is 0 Å². The summed E-state index contributed by atoms with van der Waals surface area (Å²) in [4.78, 5) is 16.9. The molecule has 0 unspecified atom stereocenters. The quantitative estimate of drug-likeness (QED) is 0.631. The van der Waals surface area contributed by atoms with Crippen molar-refractivity contribution in [2.75, 3.05) is 6.26 Å². The van der Waals surface area contributed by atoms with Gasteiger partial charge in [0.05, 0.1) is 12.4 Å². The van der Waals surface area contributed by atoms with Crippen LogP contribution in [0.3, 0.4) is 0 Å². The van der Waals surface area contributed by atoms with E-state index in [0.717, 1.165) is 31.2 Å². The number of rotatable bonds is 6. The molecule has 8 heteroatoms. The van der Waals surface area contributed by atoms with Gasteiger partial charge in [0, 0.05) is 30.9 Å². The third-order valence-electron chi connectivity index (χ3n) is 7.50. The molecule has 0 radical (unpaired) electrons. The summed E-state index contributed by atoms with van der Waals surface area (Å²) in [5.41, 5.74) is 0.905. The molecule has 2 aliphatic rings. The van der Waals surface area contributed by atoms with Crippen LogP contribution < -0.4 is 10.0 Å². The minimum Gasteiger partial charge on any atom is -0.392 e. The van der Waals surface area contributed by atoms with Crippen LogP contribution in [-0.4, -0.2) is 42.8 Å². The number of nitrogens with one attached hydrogen (secondary N) is 2. The smallest absolute Gasteiger partial charge is 0.223 e. The van der Waals surface area contributed by atoms with Crippen LogP contribution in [0.25, 0.3) is 0 Å². The number of hydrogen-bond acceptors (Lipinski definition) is 5. The van der Waals surface area contributed by atoms with E-state index in [9.17, 15) is 18.3 Å². The monoisotopic (exact) mass is 437 g/mol. The number of fused-ring (bicyclic) bond motifs is 1. The Labute approximate surface area is 180 Å². The largest absolute Gasteiger partial charge is 0.392 e. The summed E-state index contributed by atoms with van der Waals surface area (Å²) in [6.45, 7) is 6.54. The van der Waals surface area contributed by atoms with E-state index in [1.165, 1.54) is 6.26 Å². The van der Waals surface area contributed by atoms with Crippen molar-refractivity contribution in [3.8, 4) is 0 Å². The van der Waals surface area contributed by atoms with E-state index in [0.29, 0.717) is 6.54 Å². The van der Waals surface area contributed by atoms with Crippen molar-refractivity contribution >= 4 is 15.9 Å². The minimum absolute atomic E-state index is 0.00179. The van der Waals surface area contributed by atoms with Crippen LogP contribution in [0.4, 0.5) is 0 Å². The van der Waals surface area contributed by atoms with Gasteiger partial charge in [0.15, 0.2) is 0 Å². The Kier molecular flexibility index (Phi) is 6.89. The molecule has 7 atom stereocenters. The van der Waals surface area contributed by atoms with Crippen LogP contribution in [0.15, 0.2) is 24.5 Å². The van der Waals surface area contributed by atoms with Crippen LogP contribution in [0, 0.1) is 29.1 Å². The lowest BCUT2D eigenvalue weighted by Gasteiger charge is -2.56. The molecule has 1 amide bonds. The van der Waals surface area contributed by atoms with E-state index in [1.807, 2.05) is 26.0 Å². The molecule has 0 saturated heterocycles. The molecule has 3 rings (SSSR count). The lowest BCUT2D eigenvalue weighted by Crippen LogP contribution is -2.58. The van der Waals surface area contributed by atoms with Crippen LogP contribution in [-0.2, 0) is 21.4 Å². The van der Waals surface area contributed by atoms with Gasteiger partial charge in [0.1, 0.15) is 0 Å². The molecule has 1 heterocycles.